The molecule has 0 bridgehead atoms. The Morgan fingerprint density at radius 1 is 1.22 bits per heavy atom. The fourth-order valence-electron chi connectivity index (χ4n) is 3.23. The summed E-state index contributed by atoms with van der Waals surface area (Å²) in [5, 5.41) is 12.1. The first-order valence-electron chi connectivity index (χ1n) is 8.93. The van der Waals surface area contributed by atoms with Gasteiger partial charge in [-0.2, -0.15) is 13.2 Å². The SMILES string of the molecule is CC(Cc1ccc(C(F)(F)F)cc1)C(=O)NCC(C(=O)O)C1CCOCC1. The van der Waals surface area contributed by atoms with Crippen LogP contribution in [0.3, 0.4) is 0 Å². The van der Waals surface area contributed by atoms with Crippen LogP contribution in [0.1, 0.15) is 30.9 Å². The van der Waals surface area contributed by atoms with Gasteiger partial charge < -0.3 is 15.2 Å². The number of halogens is 3. The van der Waals surface area contributed by atoms with Gasteiger partial charge in [0.15, 0.2) is 0 Å². The predicted molar refractivity (Wildman–Crippen MR) is 92.0 cm³/mol. The molecule has 8 heteroatoms. The minimum Gasteiger partial charge on any atom is -0.481 e. The number of carbonyl (C=O) groups excluding carboxylic acids is 1. The number of benzene rings is 1. The van der Waals surface area contributed by atoms with E-state index in [2.05, 4.69) is 5.32 Å². The van der Waals surface area contributed by atoms with E-state index in [1.807, 2.05) is 0 Å². The Kier molecular flexibility index (Phi) is 7.24. The summed E-state index contributed by atoms with van der Waals surface area (Å²) in [4.78, 5) is 23.8. The zero-order valence-corrected chi connectivity index (χ0v) is 15.1. The Bertz CT molecular complexity index is 639. The van der Waals surface area contributed by atoms with Crippen molar-refractivity contribution in [2.75, 3.05) is 19.8 Å². The number of carbonyl (C=O) groups is 2. The van der Waals surface area contributed by atoms with Crippen molar-refractivity contribution in [3.8, 4) is 0 Å². The summed E-state index contributed by atoms with van der Waals surface area (Å²) >= 11 is 0. The van der Waals surface area contributed by atoms with E-state index in [0.717, 1.165) is 12.1 Å². The van der Waals surface area contributed by atoms with Gasteiger partial charge >= 0.3 is 12.1 Å². The number of carboxylic acid groups (broad SMARTS) is 1. The number of ether oxygens (including phenoxy) is 1. The maximum Gasteiger partial charge on any atom is 0.416 e. The van der Waals surface area contributed by atoms with Gasteiger partial charge in [0.25, 0.3) is 0 Å². The minimum atomic E-state index is -4.39. The van der Waals surface area contributed by atoms with Crippen molar-refractivity contribution >= 4 is 11.9 Å². The average molecular weight is 387 g/mol. The third kappa shape index (κ3) is 6.23. The Balaban J connectivity index is 1.87. The molecule has 27 heavy (non-hydrogen) atoms. The topological polar surface area (TPSA) is 75.6 Å². The molecule has 0 saturated carbocycles. The Hall–Kier alpha value is -2.09. The molecule has 2 rings (SSSR count). The summed E-state index contributed by atoms with van der Waals surface area (Å²) in [7, 11) is 0. The third-order valence-corrected chi connectivity index (χ3v) is 4.92. The zero-order valence-electron chi connectivity index (χ0n) is 15.1. The molecule has 0 aromatic heterocycles. The van der Waals surface area contributed by atoms with Gasteiger partial charge in [0.05, 0.1) is 11.5 Å². The summed E-state index contributed by atoms with van der Waals surface area (Å²) in [6.07, 6.45) is -2.82. The van der Waals surface area contributed by atoms with Gasteiger partial charge in [0.1, 0.15) is 0 Å². The van der Waals surface area contributed by atoms with Gasteiger partial charge in [0.2, 0.25) is 5.91 Å². The number of nitrogens with one attached hydrogen (secondary N) is 1. The van der Waals surface area contributed by atoms with Gasteiger partial charge in [-0.1, -0.05) is 19.1 Å². The largest absolute Gasteiger partial charge is 0.481 e. The molecule has 2 unspecified atom stereocenters. The molecule has 1 aliphatic heterocycles. The Labute approximate surface area is 155 Å². The maximum atomic E-state index is 12.6. The molecule has 1 heterocycles. The van der Waals surface area contributed by atoms with Crippen molar-refractivity contribution in [1.29, 1.82) is 0 Å². The highest BCUT2D eigenvalue weighted by molar-refractivity contribution is 5.79. The molecule has 0 aliphatic carbocycles. The molecule has 1 aromatic rings. The molecule has 150 valence electrons. The summed E-state index contributed by atoms with van der Waals surface area (Å²) in [5.41, 5.74) is -0.117. The highest BCUT2D eigenvalue weighted by atomic mass is 19.4. The lowest BCUT2D eigenvalue weighted by Crippen LogP contribution is -2.40. The Morgan fingerprint density at radius 2 is 1.81 bits per heavy atom. The number of carboxylic acids is 1. The van der Waals surface area contributed by atoms with Crippen LogP contribution in [-0.4, -0.2) is 36.7 Å². The molecule has 1 amide bonds. The molecule has 5 nitrogen and oxygen atoms in total. The standard InChI is InChI=1S/C19H24F3NO4/c1-12(10-13-2-4-15(5-3-13)19(20,21)22)17(24)23-11-16(18(25)26)14-6-8-27-9-7-14/h2-5,12,14,16H,6-11H2,1H3,(H,23,24)(H,25,26). The van der Waals surface area contributed by atoms with Crippen molar-refractivity contribution in [3.63, 3.8) is 0 Å². The number of rotatable bonds is 7. The number of hydrogen-bond donors (Lipinski definition) is 2. The van der Waals surface area contributed by atoms with Crippen LogP contribution in [0.4, 0.5) is 13.2 Å². The number of alkyl halides is 3. The van der Waals surface area contributed by atoms with Gasteiger partial charge in [-0.15, -0.1) is 0 Å². The van der Waals surface area contributed by atoms with Crippen molar-refractivity contribution in [2.24, 2.45) is 17.8 Å². The van der Waals surface area contributed by atoms with E-state index in [1.54, 1.807) is 6.92 Å². The summed E-state index contributed by atoms with van der Waals surface area (Å²) < 4.78 is 43.0. The van der Waals surface area contributed by atoms with Gasteiger partial charge in [0, 0.05) is 25.7 Å². The number of hydrogen-bond acceptors (Lipinski definition) is 3. The molecule has 1 saturated heterocycles. The third-order valence-electron chi connectivity index (χ3n) is 4.92. The first-order valence-corrected chi connectivity index (χ1v) is 8.93. The fraction of sp³-hybridized carbons (Fsp3) is 0.579. The van der Waals surface area contributed by atoms with Gasteiger partial charge in [-0.25, -0.2) is 0 Å². The minimum absolute atomic E-state index is 0.0379. The second kappa shape index (κ2) is 9.21. The van der Waals surface area contributed by atoms with Crippen LogP contribution < -0.4 is 5.32 Å². The first-order chi connectivity index (χ1) is 12.7. The van der Waals surface area contributed by atoms with Crippen LogP contribution in [0.25, 0.3) is 0 Å². The van der Waals surface area contributed by atoms with Crippen LogP contribution >= 0.6 is 0 Å². The van der Waals surface area contributed by atoms with Crippen molar-refractivity contribution in [1.82, 2.24) is 5.32 Å². The van der Waals surface area contributed by atoms with Crippen LogP contribution in [0, 0.1) is 17.8 Å². The second-order valence-electron chi connectivity index (χ2n) is 6.94. The molecule has 2 atom stereocenters. The van der Waals surface area contributed by atoms with Crippen LogP contribution in [0.5, 0.6) is 0 Å². The lowest BCUT2D eigenvalue weighted by Gasteiger charge is -2.28. The van der Waals surface area contributed by atoms with E-state index in [1.165, 1.54) is 12.1 Å². The van der Waals surface area contributed by atoms with Crippen molar-refractivity contribution in [3.05, 3.63) is 35.4 Å². The van der Waals surface area contributed by atoms with Crippen LogP contribution in [0.2, 0.25) is 0 Å². The number of amides is 1. The number of aliphatic carboxylic acids is 1. The molecular weight excluding hydrogens is 363 g/mol. The highest BCUT2D eigenvalue weighted by Crippen LogP contribution is 2.29. The van der Waals surface area contributed by atoms with E-state index in [4.69, 9.17) is 4.74 Å². The molecule has 0 radical (unpaired) electrons. The smallest absolute Gasteiger partial charge is 0.416 e. The Morgan fingerprint density at radius 3 is 2.33 bits per heavy atom. The van der Waals surface area contributed by atoms with Crippen molar-refractivity contribution < 1.29 is 32.6 Å². The molecule has 1 fully saturated rings. The van der Waals surface area contributed by atoms with Gasteiger partial charge in [-0.05, 0) is 42.9 Å². The molecule has 2 N–H and O–H groups in total. The predicted octanol–water partition coefficient (Wildman–Crippen LogP) is 3.13. The second-order valence-corrected chi connectivity index (χ2v) is 6.94. The van der Waals surface area contributed by atoms with E-state index in [9.17, 15) is 27.9 Å². The molecule has 1 aliphatic rings. The van der Waals surface area contributed by atoms with Gasteiger partial charge in [-0.3, -0.25) is 9.59 Å². The average Bonchev–Trinajstić information content (AvgIpc) is 2.62. The zero-order chi connectivity index (χ0) is 20.0. The van der Waals surface area contributed by atoms with Crippen molar-refractivity contribution in [2.45, 2.75) is 32.4 Å². The lowest BCUT2D eigenvalue weighted by molar-refractivity contribution is -0.145. The molecular formula is C19H24F3NO4. The van der Waals surface area contributed by atoms with Crippen LogP contribution in [0.15, 0.2) is 24.3 Å². The monoisotopic (exact) mass is 387 g/mol. The van der Waals surface area contributed by atoms with Crippen LogP contribution in [-0.2, 0) is 26.9 Å². The summed E-state index contributed by atoms with van der Waals surface area (Å²) in [6, 6.07) is 4.69. The van der Waals surface area contributed by atoms with E-state index >= 15 is 0 Å². The van der Waals surface area contributed by atoms with E-state index in [0.29, 0.717) is 31.6 Å². The highest BCUT2D eigenvalue weighted by Gasteiger charge is 2.31. The fourth-order valence-corrected chi connectivity index (χ4v) is 3.23. The quantitative estimate of drug-likeness (QED) is 0.754. The first kappa shape index (κ1) is 21.2. The maximum absolute atomic E-state index is 12.6. The molecule has 1 aromatic carbocycles. The van der Waals surface area contributed by atoms with E-state index in [-0.39, 0.29) is 24.8 Å². The normalized spacial score (nSPS) is 17.9. The van der Waals surface area contributed by atoms with E-state index < -0.39 is 29.5 Å². The lowest BCUT2D eigenvalue weighted by atomic mass is 9.86. The summed E-state index contributed by atoms with van der Waals surface area (Å²) in [6.45, 7) is 2.74. The molecule has 0 spiro atoms. The summed E-state index contributed by atoms with van der Waals surface area (Å²) in [5.74, 6) is -2.45.